The molecule has 20 heavy (non-hydrogen) atoms. The maximum Gasteiger partial charge on any atom is 0.167 e. The highest BCUT2D eigenvalue weighted by atomic mass is 16.5. The van der Waals surface area contributed by atoms with Crippen LogP contribution in [0.15, 0.2) is 0 Å². The lowest BCUT2D eigenvalue weighted by atomic mass is 10.0. The highest BCUT2D eigenvalue weighted by molar-refractivity contribution is 5.12. The van der Waals surface area contributed by atoms with Crippen molar-refractivity contribution < 1.29 is 4.74 Å². The van der Waals surface area contributed by atoms with Gasteiger partial charge in [-0.15, -0.1) is 5.10 Å². The maximum absolute atomic E-state index is 5.05. The third-order valence-electron chi connectivity index (χ3n) is 5.38. The van der Waals surface area contributed by atoms with Crippen LogP contribution < -0.4 is 5.32 Å². The molecule has 0 aliphatic heterocycles. The minimum absolute atomic E-state index is 0.130. The second kappa shape index (κ2) is 5.41. The fourth-order valence-electron chi connectivity index (χ4n) is 3.08. The number of aromatic nitrogens is 4. The van der Waals surface area contributed by atoms with Gasteiger partial charge in [-0.2, -0.15) is 0 Å². The van der Waals surface area contributed by atoms with E-state index in [2.05, 4.69) is 55.5 Å². The molecule has 114 valence electrons. The lowest BCUT2D eigenvalue weighted by molar-refractivity contribution is 0.195. The fourth-order valence-corrected chi connectivity index (χ4v) is 3.08. The van der Waals surface area contributed by atoms with Crippen molar-refractivity contribution in [2.45, 2.75) is 47.2 Å². The topological polar surface area (TPSA) is 64.9 Å². The zero-order chi connectivity index (χ0) is 15.0. The third-order valence-corrected chi connectivity index (χ3v) is 5.38. The van der Waals surface area contributed by atoms with E-state index in [0.717, 1.165) is 18.9 Å². The number of hydrogen-bond acceptors (Lipinski definition) is 5. The Balaban J connectivity index is 1.99. The molecule has 6 nitrogen and oxygen atoms in total. The minimum Gasteiger partial charge on any atom is -0.383 e. The molecule has 0 amide bonds. The summed E-state index contributed by atoms with van der Waals surface area (Å²) >= 11 is 0. The molecule has 1 aromatic rings. The smallest absolute Gasteiger partial charge is 0.167 e. The summed E-state index contributed by atoms with van der Waals surface area (Å²) in [4.78, 5) is 0. The first-order valence-electron chi connectivity index (χ1n) is 7.30. The van der Waals surface area contributed by atoms with Crippen molar-refractivity contribution in [1.82, 2.24) is 25.5 Å². The van der Waals surface area contributed by atoms with Crippen LogP contribution in [0.5, 0.6) is 0 Å². The van der Waals surface area contributed by atoms with Gasteiger partial charge in [0.2, 0.25) is 0 Å². The van der Waals surface area contributed by atoms with Crippen molar-refractivity contribution >= 4 is 0 Å². The molecular weight excluding hydrogens is 254 g/mol. The minimum atomic E-state index is 0.130. The molecule has 0 spiro atoms. The van der Waals surface area contributed by atoms with Crippen LogP contribution in [-0.4, -0.2) is 40.5 Å². The van der Waals surface area contributed by atoms with Gasteiger partial charge in [0.05, 0.1) is 12.6 Å². The van der Waals surface area contributed by atoms with Gasteiger partial charge in [0.1, 0.15) is 0 Å². The molecule has 0 bridgehead atoms. The Morgan fingerprint density at radius 3 is 2.50 bits per heavy atom. The molecule has 1 aromatic heterocycles. The van der Waals surface area contributed by atoms with Gasteiger partial charge in [-0.1, -0.05) is 27.7 Å². The van der Waals surface area contributed by atoms with Crippen LogP contribution in [0.1, 0.15) is 46.5 Å². The van der Waals surface area contributed by atoms with Gasteiger partial charge in [-0.05, 0) is 34.1 Å². The van der Waals surface area contributed by atoms with Crippen LogP contribution in [0.4, 0.5) is 0 Å². The average Bonchev–Trinajstić information content (AvgIpc) is 2.76. The number of nitrogens with one attached hydrogen (secondary N) is 1. The summed E-state index contributed by atoms with van der Waals surface area (Å²) in [6.45, 7) is 13.7. The molecule has 1 aliphatic carbocycles. The Morgan fingerprint density at radius 2 is 1.95 bits per heavy atom. The SMILES string of the molecule is COCCNC(C)c1nnnn1CC1C(C)(C)C1(C)C. The highest BCUT2D eigenvalue weighted by Crippen LogP contribution is 2.68. The van der Waals surface area contributed by atoms with Crippen LogP contribution in [-0.2, 0) is 11.3 Å². The molecule has 1 N–H and O–H groups in total. The van der Waals surface area contributed by atoms with Crippen molar-refractivity contribution in [2.75, 3.05) is 20.3 Å². The van der Waals surface area contributed by atoms with E-state index in [4.69, 9.17) is 4.74 Å². The molecule has 0 saturated heterocycles. The molecule has 1 fully saturated rings. The molecule has 1 unspecified atom stereocenters. The first-order chi connectivity index (χ1) is 9.32. The van der Waals surface area contributed by atoms with E-state index in [1.54, 1.807) is 7.11 Å². The van der Waals surface area contributed by atoms with Gasteiger partial charge in [0.25, 0.3) is 0 Å². The Morgan fingerprint density at radius 1 is 1.30 bits per heavy atom. The van der Waals surface area contributed by atoms with E-state index >= 15 is 0 Å². The van der Waals surface area contributed by atoms with E-state index in [-0.39, 0.29) is 6.04 Å². The predicted molar refractivity (Wildman–Crippen MR) is 77.2 cm³/mol. The molecule has 1 aliphatic rings. The van der Waals surface area contributed by atoms with Gasteiger partial charge in [-0.25, -0.2) is 4.68 Å². The number of ether oxygens (including phenoxy) is 1. The van der Waals surface area contributed by atoms with Gasteiger partial charge >= 0.3 is 0 Å². The van der Waals surface area contributed by atoms with Crippen LogP contribution in [0, 0.1) is 16.7 Å². The number of methoxy groups -OCH3 is 1. The standard InChI is InChI=1S/C14H27N5O/c1-10(15-7-8-20-6)12-16-17-18-19(12)9-11-13(2,3)14(11,4)5/h10-11,15H,7-9H2,1-6H3. The van der Waals surface area contributed by atoms with E-state index in [9.17, 15) is 0 Å². The lowest BCUT2D eigenvalue weighted by Crippen LogP contribution is -2.26. The van der Waals surface area contributed by atoms with E-state index in [1.165, 1.54) is 0 Å². The first kappa shape index (κ1) is 15.4. The van der Waals surface area contributed by atoms with E-state index in [1.807, 2.05) is 4.68 Å². The molecule has 1 saturated carbocycles. The van der Waals surface area contributed by atoms with Crippen molar-refractivity contribution in [3.8, 4) is 0 Å². The first-order valence-corrected chi connectivity index (χ1v) is 7.30. The summed E-state index contributed by atoms with van der Waals surface area (Å²) in [5.74, 6) is 1.52. The van der Waals surface area contributed by atoms with Crippen LogP contribution >= 0.6 is 0 Å². The van der Waals surface area contributed by atoms with Crippen LogP contribution in [0.25, 0.3) is 0 Å². The Hall–Kier alpha value is -1.01. The summed E-state index contributed by atoms with van der Waals surface area (Å²) < 4.78 is 7.00. The lowest BCUT2D eigenvalue weighted by Gasteiger charge is -2.13. The molecule has 1 atom stereocenters. The fraction of sp³-hybridized carbons (Fsp3) is 0.929. The Bertz CT molecular complexity index is 440. The summed E-state index contributed by atoms with van der Waals surface area (Å²) in [5, 5.41) is 15.5. The Labute approximate surface area is 121 Å². The van der Waals surface area contributed by atoms with Gasteiger partial charge in [0, 0.05) is 20.2 Å². The molecule has 2 rings (SSSR count). The van der Waals surface area contributed by atoms with E-state index in [0.29, 0.717) is 23.4 Å². The van der Waals surface area contributed by atoms with Gasteiger partial charge < -0.3 is 10.1 Å². The zero-order valence-electron chi connectivity index (χ0n) is 13.5. The summed E-state index contributed by atoms with van der Waals surface area (Å²) in [6.07, 6.45) is 0. The van der Waals surface area contributed by atoms with Crippen LogP contribution in [0.3, 0.4) is 0 Å². The maximum atomic E-state index is 5.05. The monoisotopic (exact) mass is 281 g/mol. The number of nitrogens with zero attached hydrogens (tertiary/aromatic N) is 4. The van der Waals surface area contributed by atoms with Gasteiger partial charge in [-0.3, -0.25) is 0 Å². The second-order valence-electron chi connectivity index (χ2n) is 6.88. The zero-order valence-corrected chi connectivity index (χ0v) is 13.5. The highest BCUT2D eigenvalue weighted by Gasteiger charge is 2.64. The molecule has 0 aromatic carbocycles. The summed E-state index contributed by atoms with van der Waals surface area (Å²) in [5.41, 5.74) is 0.700. The average molecular weight is 281 g/mol. The third kappa shape index (κ3) is 2.59. The molecule has 6 heteroatoms. The second-order valence-corrected chi connectivity index (χ2v) is 6.88. The van der Waals surface area contributed by atoms with Crippen LogP contribution in [0.2, 0.25) is 0 Å². The van der Waals surface area contributed by atoms with E-state index < -0.39 is 0 Å². The van der Waals surface area contributed by atoms with Gasteiger partial charge in [0.15, 0.2) is 5.82 Å². The molecular formula is C14H27N5O. The molecule has 1 heterocycles. The largest absolute Gasteiger partial charge is 0.383 e. The quantitative estimate of drug-likeness (QED) is 0.770. The number of rotatable bonds is 7. The predicted octanol–water partition coefficient (Wildman–Crippen LogP) is 1.65. The van der Waals surface area contributed by atoms with Crippen molar-refractivity contribution in [1.29, 1.82) is 0 Å². The van der Waals surface area contributed by atoms with Crippen molar-refractivity contribution in [3.05, 3.63) is 5.82 Å². The summed E-state index contributed by atoms with van der Waals surface area (Å²) in [7, 11) is 1.70. The normalized spacial score (nSPS) is 21.9. The summed E-state index contributed by atoms with van der Waals surface area (Å²) in [6, 6.07) is 0.130. The Kier molecular flexibility index (Phi) is 4.16. The van der Waals surface area contributed by atoms with Crippen molar-refractivity contribution in [3.63, 3.8) is 0 Å². The molecule has 0 radical (unpaired) electrons. The van der Waals surface area contributed by atoms with Crippen molar-refractivity contribution in [2.24, 2.45) is 16.7 Å². The number of hydrogen-bond donors (Lipinski definition) is 1. The number of tetrazole rings is 1.